The molecule has 0 saturated carbocycles. The molecule has 1 aliphatic heterocycles. The maximum atomic E-state index is 13.4. The van der Waals surface area contributed by atoms with Crippen LogP contribution in [0.5, 0.6) is 0 Å². The summed E-state index contributed by atoms with van der Waals surface area (Å²) in [5, 5.41) is 9.04. The number of anilines is 2. The molecule has 0 fully saturated rings. The highest BCUT2D eigenvalue weighted by Crippen LogP contribution is 2.46. The minimum Gasteiger partial charge on any atom is -0.369 e. The fourth-order valence-corrected chi connectivity index (χ4v) is 5.67. The van der Waals surface area contributed by atoms with Gasteiger partial charge in [0.15, 0.2) is 0 Å². The Morgan fingerprint density at radius 2 is 1.82 bits per heavy atom. The van der Waals surface area contributed by atoms with Crippen LogP contribution in [0.3, 0.4) is 0 Å². The maximum absolute atomic E-state index is 13.4. The summed E-state index contributed by atoms with van der Waals surface area (Å²) in [5.41, 5.74) is 3.87. The normalized spacial score (nSPS) is 17.4. The van der Waals surface area contributed by atoms with Crippen molar-refractivity contribution in [2.24, 2.45) is 0 Å². The second-order valence-corrected chi connectivity index (χ2v) is 11.0. The van der Waals surface area contributed by atoms with Crippen molar-refractivity contribution in [3.8, 4) is 0 Å². The van der Waals surface area contributed by atoms with Crippen LogP contribution in [0.25, 0.3) is 0 Å². The van der Waals surface area contributed by atoms with Gasteiger partial charge >= 0.3 is 0 Å². The quantitative estimate of drug-likeness (QED) is 0.384. The molecule has 3 aromatic rings. The van der Waals surface area contributed by atoms with Crippen molar-refractivity contribution < 1.29 is 19.1 Å². The number of aromatic nitrogens is 1. The Bertz CT molecular complexity index is 1470. The van der Waals surface area contributed by atoms with Gasteiger partial charge < -0.3 is 25.6 Å². The van der Waals surface area contributed by atoms with Gasteiger partial charge in [-0.05, 0) is 74.2 Å². The van der Waals surface area contributed by atoms with Crippen molar-refractivity contribution >= 4 is 29.2 Å². The van der Waals surface area contributed by atoms with Crippen LogP contribution < -0.4 is 16.0 Å². The van der Waals surface area contributed by atoms with Crippen LogP contribution in [0.1, 0.15) is 41.7 Å². The van der Waals surface area contributed by atoms with Gasteiger partial charge in [-0.15, -0.1) is 0 Å². The smallest absolute Gasteiger partial charge is 0.254 e. The molecule has 1 spiro atoms. The van der Waals surface area contributed by atoms with Gasteiger partial charge in [0.05, 0.1) is 5.41 Å². The van der Waals surface area contributed by atoms with Crippen LogP contribution in [-0.2, 0) is 50.5 Å². The second-order valence-electron chi connectivity index (χ2n) is 11.0. The molecular weight excluding hydrogens is 506 g/mol. The first-order chi connectivity index (χ1) is 19.2. The highest BCUT2D eigenvalue weighted by Gasteiger charge is 2.51. The molecule has 2 heterocycles. The van der Waals surface area contributed by atoms with E-state index in [1.807, 2.05) is 61.6 Å². The van der Waals surface area contributed by atoms with E-state index in [9.17, 15) is 14.4 Å². The minimum atomic E-state index is -1.09. The molecule has 0 radical (unpaired) electrons. The molecule has 0 bridgehead atoms. The predicted octanol–water partition coefficient (Wildman–Crippen LogP) is 3.18. The number of amides is 3. The van der Waals surface area contributed by atoms with E-state index in [-0.39, 0.29) is 30.8 Å². The average Bonchev–Trinajstić information content (AvgIpc) is 3.45. The van der Waals surface area contributed by atoms with Crippen molar-refractivity contribution in [2.45, 2.75) is 50.8 Å². The van der Waals surface area contributed by atoms with Crippen molar-refractivity contribution in [2.75, 3.05) is 31.3 Å². The highest BCUT2D eigenvalue weighted by atomic mass is 16.5. The summed E-state index contributed by atoms with van der Waals surface area (Å²) < 4.78 is 5.45. The molecule has 2 aromatic carbocycles. The highest BCUT2D eigenvalue weighted by molar-refractivity contribution is 6.06. The van der Waals surface area contributed by atoms with Crippen LogP contribution in [0.15, 0.2) is 60.8 Å². The van der Waals surface area contributed by atoms with E-state index in [1.165, 1.54) is 12.0 Å². The lowest BCUT2D eigenvalue weighted by atomic mass is 9.79. The zero-order chi connectivity index (χ0) is 28.5. The van der Waals surface area contributed by atoms with Gasteiger partial charge in [0.2, 0.25) is 11.8 Å². The van der Waals surface area contributed by atoms with Crippen LogP contribution in [0.4, 0.5) is 11.5 Å². The number of hydrogen-bond donors (Lipinski definition) is 3. The zero-order valence-electron chi connectivity index (χ0n) is 23.3. The molecule has 5 rings (SSSR count). The van der Waals surface area contributed by atoms with Crippen LogP contribution >= 0.6 is 0 Å². The number of nitrogens with zero attached hydrogens (tertiary/aromatic N) is 2. The van der Waals surface area contributed by atoms with Gasteiger partial charge in [0, 0.05) is 37.6 Å². The van der Waals surface area contributed by atoms with Gasteiger partial charge in [0.1, 0.15) is 18.0 Å². The van der Waals surface area contributed by atoms with E-state index in [1.54, 1.807) is 20.0 Å². The van der Waals surface area contributed by atoms with Gasteiger partial charge in [-0.2, -0.15) is 0 Å². The van der Waals surface area contributed by atoms with Crippen molar-refractivity contribution in [1.82, 2.24) is 15.2 Å². The lowest BCUT2D eigenvalue weighted by Crippen LogP contribution is -2.48. The first-order valence-electron chi connectivity index (χ1n) is 13.4. The number of ether oxygens (including phenoxy) is 1. The topological polar surface area (TPSA) is 113 Å². The largest absolute Gasteiger partial charge is 0.369 e. The van der Waals surface area contributed by atoms with Crippen LogP contribution in [0, 0.1) is 0 Å². The predicted molar refractivity (Wildman–Crippen MR) is 153 cm³/mol. The van der Waals surface area contributed by atoms with E-state index in [0.29, 0.717) is 30.9 Å². The molecule has 0 saturated heterocycles. The Hall–Kier alpha value is -4.08. The van der Waals surface area contributed by atoms with Crippen molar-refractivity contribution in [3.63, 3.8) is 0 Å². The molecule has 1 aromatic heterocycles. The SMILES string of the molecule is CNCc1ccccc1CN(CC(=O)Nc1ccc2c(c1)CC1(C2)C(=O)Nc2ncccc21)C(=O)C(C)(C)OC. The number of benzene rings is 2. The van der Waals surface area contributed by atoms with E-state index < -0.39 is 11.0 Å². The fraction of sp³-hybridized carbons (Fsp3) is 0.355. The molecule has 1 aliphatic carbocycles. The van der Waals surface area contributed by atoms with Gasteiger partial charge in [-0.25, -0.2) is 4.98 Å². The molecule has 9 nitrogen and oxygen atoms in total. The van der Waals surface area contributed by atoms with Crippen LogP contribution in [-0.4, -0.2) is 53.9 Å². The molecule has 1 atom stereocenters. The number of methoxy groups -OCH3 is 1. The minimum absolute atomic E-state index is 0.0450. The third-order valence-corrected chi connectivity index (χ3v) is 7.96. The summed E-state index contributed by atoms with van der Waals surface area (Å²) in [6, 6.07) is 17.4. The van der Waals surface area contributed by atoms with Crippen LogP contribution in [0.2, 0.25) is 0 Å². The molecular formula is C31H35N5O4. The molecule has 3 N–H and O–H groups in total. The second kappa shape index (κ2) is 10.8. The number of nitrogens with one attached hydrogen (secondary N) is 3. The Morgan fingerprint density at radius 1 is 1.07 bits per heavy atom. The van der Waals surface area contributed by atoms with Crippen molar-refractivity contribution in [3.05, 3.63) is 88.6 Å². The Kier molecular flexibility index (Phi) is 7.44. The molecule has 208 valence electrons. The molecule has 9 heteroatoms. The molecule has 3 amide bonds. The number of pyridine rings is 1. The standard InChI is InChI=1S/C31H35N5O4/c1-30(2,40-4)29(39)36(18-22-9-6-5-8-21(22)17-32-3)19-26(37)34-24-12-11-20-15-31(16-23(20)14-24)25-10-7-13-33-27(25)35-28(31)38/h5-14,32H,15-19H2,1-4H3,(H,34,37)(H,33,35,38). The van der Waals surface area contributed by atoms with E-state index in [4.69, 9.17) is 4.74 Å². The third-order valence-electron chi connectivity index (χ3n) is 7.96. The summed E-state index contributed by atoms with van der Waals surface area (Å²) in [5.74, 6) is -0.0164. The monoisotopic (exact) mass is 541 g/mol. The molecule has 40 heavy (non-hydrogen) atoms. The fourth-order valence-electron chi connectivity index (χ4n) is 5.67. The third kappa shape index (κ3) is 5.10. The Morgan fingerprint density at radius 3 is 2.58 bits per heavy atom. The lowest BCUT2D eigenvalue weighted by molar-refractivity contribution is -0.153. The van der Waals surface area contributed by atoms with E-state index in [2.05, 4.69) is 20.9 Å². The summed E-state index contributed by atoms with van der Waals surface area (Å²) in [6.07, 6.45) is 2.79. The number of fused-ring (bicyclic) bond motifs is 3. The molecule has 2 aliphatic rings. The number of carbonyl (C=O) groups excluding carboxylic acids is 3. The molecule has 1 unspecified atom stereocenters. The Balaban J connectivity index is 1.33. The number of hydrogen-bond acceptors (Lipinski definition) is 6. The zero-order valence-corrected chi connectivity index (χ0v) is 23.3. The lowest BCUT2D eigenvalue weighted by Gasteiger charge is -2.31. The first kappa shape index (κ1) is 27.5. The summed E-state index contributed by atoms with van der Waals surface area (Å²) in [7, 11) is 3.36. The maximum Gasteiger partial charge on any atom is 0.254 e. The van der Waals surface area contributed by atoms with Gasteiger partial charge in [-0.3, -0.25) is 14.4 Å². The summed E-state index contributed by atoms with van der Waals surface area (Å²) >= 11 is 0. The summed E-state index contributed by atoms with van der Waals surface area (Å²) in [6.45, 7) is 4.17. The number of carbonyl (C=O) groups is 3. The summed E-state index contributed by atoms with van der Waals surface area (Å²) in [4.78, 5) is 45.6. The van der Waals surface area contributed by atoms with Crippen molar-refractivity contribution in [1.29, 1.82) is 0 Å². The van der Waals surface area contributed by atoms with Gasteiger partial charge in [0.25, 0.3) is 5.91 Å². The Labute approximate surface area is 234 Å². The average molecular weight is 542 g/mol. The first-order valence-corrected chi connectivity index (χ1v) is 13.4. The van der Waals surface area contributed by atoms with E-state index >= 15 is 0 Å². The number of rotatable bonds is 9. The van der Waals surface area contributed by atoms with E-state index in [0.717, 1.165) is 27.8 Å². The van der Waals surface area contributed by atoms with Gasteiger partial charge in [-0.1, -0.05) is 36.4 Å².